The molecule has 0 aromatic carbocycles. The molecule has 0 fully saturated rings. The maximum absolute atomic E-state index is 10.9. The lowest BCUT2D eigenvalue weighted by molar-refractivity contribution is -0.117. The molecule has 2 nitrogen and oxygen atoms in total. The maximum atomic E-state index is 10.9. The lowest BCUT2D eigenvalue weighted by atomic mass is 10.3. The average molecular weight is 139 g/mol. The van der Waals surface area contributed by atoms with E-state index in [0.29, 0.717) is 5.57 Å². The Labute approximate surface area is 61.6 Å². The van der Waals surface area contributed by atoms with E-state index in [4.69, 9.17) is 0 Å². The van der Waals surface area contributed by atoms with Crippen LogP contribution < -0.4 is 5.32 Å². The van der Waals surface area contributed by atoms with Crippen LogP contribution in [0.15, 0.2) is 24.8 Å². The van der Waals surface area contributed by atoms with Crippen LogP contribution in [0, 0.1) is 0 Å². The van der Waals surface area contributed by atoms with Crippen molar-refractivity contribution in [1.82, 2.24) is 5.32 Å². The van der Waals surface area contributed by atoms with Gasteiger partial charge in [0.1, 0.15) is 0 Å². The average Bonchev–Trinajstić information content (AvgIpc) is 1.87. The van der Waals surface area contributed by atoms with E-state index < -0.39 is 0 Å². The third-order valence-electron chi connectivity index (χ3n) is 1.10. The number of nitrogens with one attached hydrogen (secondary N) is 1. The minimum absolute atomic E-state index is 0.0178. The number of hydrogen-bond donors (Lipinski definition) is 1. The molecule has 0 radical (unpaired) electrons. The van der Waals surface area contributed by atoms with E-state index in [-0.39, 0.29) is 11.9 Å². The van der Waals surface area contributed by atoms with Crippen molar-refractivity contribution in [2.24, 2.45) is 0 Å². The van der Waals surface area contributed by atoms with Crippen LogP contribution in [0.5, 0.6) is 0 Å². The molecule has 0 aliphatic heterocycles. The highest BCUT2D eigenvalue weighted by Gasteiger charge is 2.02. The quantitative estimate of drug-likeness (QED) is 0.462. The molecule has 0 saturated heterocycles. The molecule has 0 aromatic heterocycles. The number of carbonyl (C=O) groups is 1. The van der Waals surface area contributed by atoms with E-state index in [0.717, 1.165) is 0 Å². The third kappa shape index (κ3) is 3.07. The smallest absolute Gasteiger partial charge is 0.246 e. The highest BCUT2D eigenvalue weighted by atomic mass is 16.1. The van der Waals surface area contributed by atoms with Crippen molar-refractivity contribution in [3.05, 3.63) is 24.8 Å². The fraction of sp³-hybridized carbons (Fsp3) is 0.375. The second-order valence-electron chi connectivity index (χ2n) is 2.28. The van der Waals surface area contributed by atoms with E-state index in [1.54, 1.807) is 13.0 Å². The van der Waals surface area contributed by atoms with Gasteiger partial charge in [-0.15, -0.1) is 6.58 Å². The number of amides is 1. The number of carbonyl (C=O) groups excluding carboxylic acids is 1. The van der Waals surface area contributed by atoms with Crippen molar-refractivity contribution < 1.29 is 4.79 Å². The summed E-state index contributed by atoms with van der Waals surface area (Å²) in [5, 5.41) is 2.67. The second-order valence-corrected chi connectivity index (χ2v) is 2.28. The summed E-state index contributed by atoms with van der Waals surface area (Å²) in [7, 11) is 0. The van der Waals surface area contributed by atoms with Gasteiger partial charge in [0.2, 0.25) is 5.91 Å². The van der Waals surface area contributed by atoms with E-state index in [2.05, 4.69) is 18.5 Å². The summed E-state index contributed by atoms with van der Waals surface area (Å²) in [6.45, 7) is 10.6. The molecule has 1 amide bonds. The Morgan fingerprint density at radius 2 is 2.20 bits per heavy atom. The molecule has 2 heteroatoms. The summed E-state index contributed by atoms with van der Waals surface area (Å²) >= 11 is 0. The van der Waals surface area contributed by atoms with Gasteiger partial charge in [0, 0.05) is 11.6 Å². The first kappa shape index (κ1) is 8.95. The van der Waals surface area contributed by atoms with Crippen LogP contribution in [0.3, 0.4) is 0 Å². The summed E-state index contributed by atoms with van der Waals surface area (Å²) in [6.07, 6.45) is 1.67. The second kappa shape index (κ2) is 3.88. The summed E-state index contributed by atoms with van der Waals surface area (Å²) in [4.78, 5) is 10.9. The van der Waals surface area contributed by atoms with E-state index >= 15 is 0 Å². The molecule has 1 N–H and O–H groups in total. The van der Waals surface area contributed by atoms with Crippen molar-refractivity contribution in [2.45, 2.75) is 19.9 Å². The zero-order valence-electron chi connectivity index (χ0n) is 6.48. The maximum Gasteiger partial charge on any atom is 0.246 e. The van der Waals surface area contributed by atoms with Gasteiger partial charge in [-0.25, -0.2) is 0 Å². The van der Waals surface area contributed by atoms with E-state index in [1.807, 2.05) is 6.92 Å². The van der Waals surface area contributed by atoms with Gasteiger partial charge in [0.15, 0.2) is 0 Å². The SMILES string of the molecule is C=CC(C)NC(=O)C(=C)C. The van der Waals surface area contributed by atoms with Crippen LogP contribution >= 0.6 is 0 Å². The van der Waals surface area contributed by atoms with Gasteiger partial charge in [0.25, 0.3) is 0 Å². The van der Waals surface area contributed by atoms with Gasteiger partial charge in [-0.2, -0.15) is 0 Å². The lowest BCUT2D eigenvalue weighted by Crippen LogP contribution is -2.31. The summed E-state index contributed by atoms with van der Waals surface area (Å²) in [5.74, 6) is -0.118. The first-order chi connectivity index (χ1) is 4.57. The normalized spacial score (nSPS) is 11.8. The van der Waals surface area contributed by atoms with Gasteiger partial charge in [0.05, 0.1) is 0 Å². The van der Waals surface area contributed by atoms with Crippen LogP contribution in [0.4, 0.5) is 0 Å². The topological polar surface area (TPSA) is 29.1 Å². The third-order valence-corrected chi connectivity index (χ3v) is 1.10. The number of rotatable bonds is 3. The lowest BCUT2D eigenvalue weighted by Gasteiger charge is -2.07. The Bertz CT molecular complexity index is 161. The van der Waals surface area contributed by atoms with Crippen LogP contribution in [0.25, 0.3) is 0 Å². The molecule has 1 unspecified atom stereocenters. The van der Waals surface area contributed by atoms with Crippen LogP contribution in [0.2, 0.25) is 0 Å². The summed E-state index contributed by atoms with van der Waals surface area (Å²) < 4.78 is 0. The molecule has 0 aliphatic carbocycles. The van der Waals surface area contributed by atoms with Gasteiger partial charge in [-0.05, 0) is 13.8 Å². The predicted octanol–water partition coefficient (Wildman–Crippen LogP) is 1.25. The Morgan fingerprint density at radius 3 is 2.50 bits per heavy atom. The Hall–Kier alpha value is -1.05. The molecule has 0 rings (SSSR count). The molecule has 0 aromatic rings. The van der Waals surface area contributed by atoms with Crippen LogP contribution in [0.1, 0.15) is 13.8 Å². The van der Waals surface area contributed by atoms with Crippen molar-refractivity contribution >= 4 is 5.91 Å². The molecule has 1 atom stereocenters. The predicted molar refractivity (Wildman–Crippen MR) is 42.6 cm³/mol. The highest BCUT2D eigenvalue weighted by Crippen LogP contribution is 1.88. The fourth-order valence-corrected chi connectivity index (χ4v) is 0.389. The van der Waals surface area contributed by atoms with Crippen molar-refractivity contribution in [1.29, 1.82) is 0 Å². The van der Waals surface area contributed by atoms with Gasteiger partial charge in [-0.3, -0.25) is 4.79 Å². The molecule has 0 heterocycles. The first-order valence-corrected chi connectivity index (χ1v) is 3.17. The Balaban J connectivity index is 3.79. The zero-order valence-corrected chi connectivity index (χ0v) is 6.48. The Kier molecular flexibility index (Phi) is 3.47. The molecule has 0 aliphatic rings. The molecule has 0 saturated carbocycles. The van der Waals surface area contributed by atoms with E-state index in [1.165, 1.54) is 0 Å². The van der Waals surface area contributed by atoms with Crippen molar-refractivity contribution in [3.63, 3.8) is 0 Å². The first-order valence-electron chi connectivity index (χ1n) is 3.17. The van der Waals surface area contributed by atoms with Crippen LogP contribution in [-0.2, 0) is 4.79 Å². The highest BCUT2D eigenvalue weighted by molar-refractivity contribution is 5.92. The molecule has 0 spiro atoms. The zero-order chi connectivity index (χ0) is 8.15. The minimum Gasteiger partial charge on any atom is -0.346 e. The summed E-state index contributed by atoms with van der Waals surface area (Å²) in [6, 6.07) is 0.0178. The molecular weight excluding hydrogens is 126 g/mol. The molecule has 56 valence electrons. The Morgan fingerprint density at radius 1 is 1.70 bits per heavy atom. The summed E-state index contributed by atoms with van der Waals surface area (Å²) in [5.41, 5.74) is 0.522. The molecular formula is C8H13NO. The van der Waals surface area contributed by atoms with Crippen LogP contribution in [-0.4, -0.2) is 11.9 Å². The van der Waals surface area contributed by atoms with Crippen molar-refractivity contribution in [2.75, 3.05) is 0 Å². The molecule has 0 bridgehead atoms. The standard InChI is InChI=1S/C8H13NO/c1-5-7(4)9-8(10)6(2)3/h5,7H,1-2H2,3-4H3,(H,9,10). The largest absolute Gasteiger partial charge is 0.346 e. The minimum atomic E-state index is -0.118. The monoisotopic (exact) mass is 139 g/mol. The molecule has 10 heavy (non-hydrogen) atoms. The van der Waals surface area contributed by atoms with Crippen molar-refractivity contribution in [3.8, 4) is 0 Å². The van der Waals surface area contributed by atoms with E-state index in [9.17, 15) is 4.79 Å². The fourth-order valence-electron chi connectivity index (χ4n) is 0.389. The van der Waals surface area contributed by atoms with Gasteiger partial charge in [-0.1, -0.05) is 12.7 Å². The van der Waals surface area contributed by atoms with Gasteiger partial charge < -0.3 is 5.32 Å². The number of hydrogen-bond acceptors (Lipinski definition) is 1. The van der Waals surface area contributed by atoms with Gasteiger partial charge >= 0.3 is 0 Å².